The van der Waals surface area contributed by atoms with Crippen LogP contribution < -0.4 is 10.2 Å². The highest BCUT2D eigenvalue weighted by molar-refractivity contribution is 7.13. The van der Waals surface area contributed by atoms with Crippen LogP contribution in [0.5, 0.6) is 0 Å². The Balaban J connectivity index is 1.20. The number of nitrogens with one attached hydrogen (secondary N) is 1. The van der Waals surface area contributed by atoms with E-state index in [0.29, 0.717) is 37.7 Å². The third kappa shape index (κ3) is 4.56. The Morgan fingerprint density at radius 2 is 1.88 bits per heavy atom. The summed E-state index contributed by atoms with van der Waals surface area (Å²) in [5, 5.41) is 18.3. The molecule has 33 heavy (non-hydrogen) atoms. The van der Waals surface area contributed by atoms with Crippen LogP contribution in [0.4, 0.5) is 17.5 Å². The molecule has 1 amide bonds. The number of thiophene rings is 1. The van der Waals surface area contributed by atoms with Crippen molar-refractivity contribution in [1.29, 1.82) is 0 Å². The molecule has 0 radical (unpaired) electrons. The van der Waals surface area contributed by atoms with Gasteiger partial charge >= 0.3 is 0 Å². The van der Waals surface area contributed by atoms with Gasteiger partial charge in [0, 0.05) is 39.4 Å². The van der Waals surface area contributed by atoms with E-state index < -0.39 is 0 Å². The fourth-order valence-electron chi connectivity index (χ4n) is 3.81. The first-order valence-corrected chi connectivity index (χ1v) is 11.6. The Kier molecular flexibility index (Phi) is 5.74. The molecule has 0 unspecified atom stereocenters. The van der Waals surface area contributed by atoms with E-state index in [4.69, 9.17) is 0 Å². The van der Waals surface area contributed by atoms with Gasteiger partial charge in [-0.15, -0.1) is 21.5 Å². The van der Waals surface area contributed by atoms with Crippen molar-refractivity contribution < 1.29 is 4.79 Å². The first-order valence-electron chi connectivity index (χ1n) is 10.7. The molecular formula is C23H24N8OS. The standard InChI is InChI=1S/C23H24N8OS/c1-16-7-8-24-21(14-16)25-20-5-6-22(27-26-20)30-9-11-31(12-10-30)23(32)18-15-17(28-29(18)2)19-4-3-13-33-19/h3-8,13-15H,9-12H2,1-2H3,(H,24,25,26). The lowest BCUT2D eigenvalue weighted by Gasteiger charge is -2.35. The maximum Gasteiger partial charge on any atom is 0.272 e. The molecule has 1 aliphatic rings. The fourth-order valence-corrected chi connectivity index (χ4v) is 4.49. The van der Waals surface area contributed by atoms with Crippen molar-refractivity contribution in [3.63, 3.8) is 0 Å². The average molecular weight is 461 g/mol. The van der Waals surface area contributed by atoms with Gasteiger partial charge in [-0.1, -0.05) is 6.07 Å². The first kappa shape index (κ1) is 21.1. The summed E-state index contributed by atoms with van der Waals surface area (Å²) in [4.78, 5) is 22.5. The van der Waals surface area contributed by atoms with Gasteiger partial charge < -0.3 is 15.1 Å². The van der Waals surface area contributed by atoms with Crippen molar-refractivity contribution in [3.8, 4) is 10.6 Å². The summed E-state index contributed by atoms with van der Waals surface area (Å²) in [6, 6.07) is 13.6. The average Bonchev–Trinajstić information content (AvgIpc) is 3.49. The molecule has 0 saturated carbocycles. The zero-order chi connectivity index (χ0) is 22.8. The van der Waals surface area contributed by atoms with Gasteiger partial charge in [0.15, 0.2) is 11.6 Å². The summed E-state index contributed by atoms with van der Waals surface area (Å²) in [6.45, 7) is 4.65. The van der Waals surface area contributed by atoms with Crippen LogP contribution in [0.2, 0.25) is 0 Å². The number of rotatable bonds is 5. The highest BCUT2D eigenvalue weighted by atomic mass is 32.1. The van der Waals surface area contributed by atoms with E-state index in [-0.39, 0.29) is 5.91 Å². The Labute approximate surface area is 195 Å². The van der Waals surface area contributed by atoms with Gasteiger partial charge in [-0.05, 0) is 54.3 Å². The highest BCUT2D eigenvalue weighted by Gasteiger charge is 2.25. The zero-order valence-electron chi connectivity index (χ0n) is 18.5. The molecule has 1 N–H and O–H groups in total. The molecule has 0 atom stereocenters. The molecule has 0 aliphatic carbocycles. The van der Waals surface area contributed by atoms with Gasteiger partial charge in [0.25, 0.3) is 5.91 Å². The van der Waals surface area contributed by atoms with E-state index in [2.05, 4.69) is 30.5 Å². The van der Waals surface area contributed by atoms with Gasteiger partial charge in [0.2, 0.25) is 0 Å². The molecule has 1 fully saturated rings. The number of nitrogens with zero attached hydrogens (tertiary/aromatic N) is 7. The molecule has 5 heterocycles. The molecule has 0 aromatic carbocycles. The third-order valence-electron chi connectivity index (χ3n) is 5.59. The lowest BCUT2D eigenvalue weighted by atomic mass is 10.2. The van der Waals surface area contributed by atoms with E-state index in [1.807, 2.05) is 66.7 Å². The van der Waals surface area contributed by atoms with Crippen LogP contribution >= 0.6 is 11.3 Å². The summed E-state index contributed by atoms with van der Waals surface area (Å²) in [7, 11) is 1.82. The number of aromatic nitrogens is 5. The van der Waals surface area contributed by atoms with E-state index in [0.717, 1.165) is 27.8 Å². The number of pyridine rings is 1. The van der Waals surface area contributed by atoms with E-state index in [1.54, 1.807) is 22.2 Å². The molecular weight excluding hydrogens is 436 g/mol. The number of hydrogen-bond donors (Lipinski definition) is 1. The molecule has 168 valence electrons. The van der Waals surface area contributed by atoms with Crippen molar-refractivity contribution >= 4 is 34.7 Å². The Bertz CT molecular complexity index is 1240. The largest absolute Gasteiger partial charge is 0.352 e. The van der Waals surface area contributed by atoms with E-state index in [9.17, 15) is 4.79 Å². The Morgan fingerprint density at radius 3 is 2.58 bits per heavy atom. The maximum absolute atomic E-state index is 13.1. The van der Waals surface area contributed by atoms with Crippen molar-refractivity contribution in [2.75, 3.05) is 36.4 Å². The number of hydrogen-bond acceptors (Lipinski definition) is 8. The van der Waals surface area contributed by atoms with Crippen molar-refractivity contribution in [2.24, 2.45) is 7.05 Å². The molecule has 1 saturated heterocycles. The molecule has 5 rings (SSSR count). The van der Waals surface area contributed by atoms with Crippen LogP contribution in [0, 0.1) is 6.92 Å². The second-order valence-corrected chi connectivity index (χ2v) is 8.86. The van der Waals surface area contributed by atoms with Gasteiger partial charge in [-0.3, -0.25) is 9.48 Å². The zero-order valence-corrected chi connectivity index (χ0v) is 19.3. The SMILES string of the molecule is Cc1ccnc(Nc2ccc(N3CCN(C(=O)c4cc(-c5cccs5)nn4C)CC3)nn2)c1. The van der Waals surface area contributed by atoms with Crippen LogP contribution in [0.3, 0.4) is 0 Å². The number of anilines is 3. The minimum atomic E-state index is 0.00347. The van der Waals surface area contributed by atoms with Crippen molar-refractivity contribution in [3.05, 3.63) is 65.3 Å². The Morgan fingerprint density at radius 1 is 1.03 bits per heavy atom. The van der Waals surface area contributed by atoms with Crippen molar-refractivity contribution in [1.82, 2.24) is 29.9 Å². The van der Waals surface area contributed by atoms with Crippen LogP contribution in [-0.2, 0) is 7.05 Å². The summed E-state index contributed by atoms with van der Waals surface area (Å²) >= 11 is 1.62. The number of carbonyl (C=O) groups excluding carboxylic acids is 1. The second-order valence-electron chi connectivity index (χ2n) is 7.92. The number of piperazine rings is 1. The monoisotopic (exact) mass is 460 g/mol. The van der Waals surface area contributed by atoms with Crippen LogP contribution in [-0.4, -0.2) is 61.9 Å². The minimum Gasteiger partial charge on any atom is -0.352 e. The summed E-state index contributed by atoms with van der Waals surface area (Å²) in [6.07, 6.45) is 1.76. The van der Waals surface area contributed by atoms with Gasteiger partial charge in [-0.25, -0.2) is 4.98 Å². The molecule has 9 nitrogen and oxygen atoms in total. The highest BCUT2D eigenvalue weighted by Crippen LogP contribution is 2.25. The first-order chi connectivity index (χ1) is 16.1. The van der Waals surface area contributed by atoms with Gasteiger partial charge in [-0.2, -0.15) is 5.10 Å². The predicted molar refractivity (Wildman–Crippen MR) is 129 cm³/mol. The molecule has 0 spiro atoms. The quantitative estimate of drug-likeness (QED) is 0.488. The number of carbonyl (C=O) groups is 1. The van der Waals surface area contributed by atoms with Crippen LogP contribution in [0.1, 0.15) is 16.1 Å². The molecule has 4 aromatic heterocycles. The van der Waals surface area contributed by atoms with Crippen LogP contribution in [0.25, 0.3) is 10.6 Å². The summed E-state index contributed by atoms with van der Waals surface area (Å²) in [5.74, 6) is 2.18. The summed E-state index contributed by atoms with van der Waals surface area (Å²) in [5.41, 5.74) is 2.56. The second kappa shape index (κ2) is 8.99. The van der Waals surface area contributed by atoms with E-state index in [1.165, 1.54) is 0 Å². The molecule has 4 aromatic rings. The Hall–Kier alpha value is -3.79. The number of amides is 1. The van der Waals surface area contributed by atoms with Crippen molar-refractivity contribution in [2.45, 2.75) is 6.92 Å². The molecule has 0 bridgehead atoms. The maximum atomic E-state index is 13.1. The minimum absolute atomic E-state index is 0.00347. The smallest absolute Gasteiger partial charge is 0.272 e. The topological polar surface area (TPSA) is 92.1 Å². The lowest BCUT2D eigenvalue weighted by molar-refractivity contribution is 0.0735. The van der Waals surface area contributed by atoms with Gasteiger partial charge in [0.1, 0.15) is 17.2 Å². The molecule has 1 aliphatic heterocycles. The number of aryl methyl sites for hydroxylation is 2. The van der Waals surface area contributed by atoms with Gasteiger partial charge in [0.05, 0.1) is 4.88 Å². The third-order valence-corrected chi connectivity index (χ3v) is 6.48. The summed E-state index contributed by atoms with van der Waals surface area (Å²) < 4.78 is 1.67. The van der Waals surface area contributed by atoms with E-state index >= 15 is 0 Å². The normalized spacial score (nSPS) is 13.9. The molecule has 10 heteroatoms. The predicted octanol–water partition coefficient (Wildman–Crippen LogP) is 3.35. The fraction of sp³-hybridized carbons (Fsp3) is 0.261. The van der Waals surface area contributed by atoms with Crippen LogP contribution in [0.15, 0.2) is 54.0 Å². The lowest BCUT2D eigenvalue weighted by Crippen LogP contribution is -2.49.